The van der Waals surface area contributed by atoms with Gasteiger partial charge in [-0.1, -0.05) is 29.8 Å². The summed E-state index contributed by atoms with van der Waals surface area (Å²) in [6.07, 6.45) is 0. The van der Waals surface area contributed by atoms with Gasteiger partial charge in [0.25, 0.3) is 0 Å². The van der Waals surface area contributed by atoms with Crippen LogP contribution in [0.3, 0.4) is 0 Å². The quantitative estimate of drug-likeness (QED) is 0.891. The maximum Gasteiger partial charge on any atom is 0.326 e. The maximum atomic E-state index is 10.9. The van der Waals surface area contributed by atoms with E-state index in [4.69, 9.17) is 10.8 Å². The molecule has 2 rings (SSSR count). The topological polar surface area (TPSA) is 76.2 Å². The van der Waals surface area contributed by atoms with E-state index in [0.29, 0.717) is 10.6 Å². The van der Waals surface area contributed by atoms with Gasteiger partial charge in [0, 0.05) is 5.56 Å². The van der Waals surface area contributed by atoms with Crippen LogP contribution >= 0.6 is 11.3 Å². The lowest BCUT2D eigenvalue weighted by Gasteiger charge is -2.02. The highest BCUT2D eigenvalue weighted by molar-refractivity contribution is 7.15. The zero-order valence-electron chi connectivity index (χ0n) is 10.2. The van der Waals surface area contributed by atoms with Crippen molar-refractivity contribution < 1.29 is 9.90 Å². The Morgan fingerprint density at radius 1 is 1.33 bits per heavy atom. The molecule has 1 aromatic carbocycles. The number of aryl methyl sites for hydroxylation is 2. The molecular formula is C13H14N2O2S. The van der Waals surface area contributed by atoms with E-state index in [9.17, 15) is 4.79 Å². The molecule has 0 saturated heterocycles. The van der Waals surface area contributed by atoms with Crippen molar-refractivity contribution >= 4 is 17.3 Å². The number of hydrogen-bond donors (Lipinski definition) is 2. The zero-order chi connectivity index (χ0) is 13.3. The van der Waals surface area contributed by atoms with Gasteiger partial charge in [-0.2, -0.15) is 0 Å². The van der Waals surface area contributed by atoms with Crippen molar-refractivity contribution in [3.63, 3.8) is 0 Å². The molecule has 0 bridgehead atoms. The van der Waals surface area contributed by atoms with E-state index >= 15 is 0 Å². The molecule has 0 radical (unpaired) electrons. The van der Waals surface area contributed by atoms with Gasteiger partial charge in [-0.25, -0.2) is 4.98 Å². The van der Waals surface area contributed by atoms with Gasteiger partial charge in [-0.05, 0) is 13.8 Å². The number of aromatic nitrogens is 1. The molecular weight excluding hydrogens is 248 g/mol. The number of nitrogens with two attached hydrogens (primary N) is 1. The Morgan fingerprint density at radius 3 is 2.50 bits per heavy atom. The first-order chi connectivity index (χ1) is 8.49. The standard InChI is InChI=1S/C13H14N2O2S/c1-7-3-5-9(6-4-7)12-15-8(2)11(18-12)10(14)13(16)17/h3-6,10H,14H2,1-2H3,(H,16,17). The second kappa shape index (κ2) is 4.88. The Kier molecular flexibility index (Phi) is 3.45. The second-order valence-corrected chi connectivity index (χ2v) is 5.18. The SMILES string of the molecule is Cc1ccc(-c2nc(C)c(C(N)C(=O)O)s2)cc1. The monoisotopic (exact) mass is 262 g/mol. The first kappa shape index (κ1) is 12.7. The largest absolute Gasteiger partial charge is 0.480 e. The van der Waals surface area contributed by atoms with E-state index in [1.54, 1.807) is 6.92 Å². The van der Waals surface area contributed by atoms with Gasteiger partial charge in [0.05, 0.1) is 10.6 Å². The molecule has 0 spiro atoms. The van der Waals surface area contributed by atoms with Crippen LogP contribution < -0.4 is 5.73 Å². The molecule has 0 saturated carbocycles. The maximum absolute atomic E-state index is 10.9. The molecule has 94 valence electrons. The van der Waals surface area contributed by atoms with Gasteiger partial charge in [0.15, 0.2) is 0 Å². The van der Waals surface area contributed by atoms with Crippen molar-refractivity contribution in [3.8, 4) is 10.6 Å². The fraction of sp³-hybridized carbons (Fsp3) is 0.231. The summed E-state index contributed by atoms with van der Waals surface area (Å²) in [5, 5.41) is 9.73. The average Bonchev–Trinajstić information content (AvgIpc) is 2.71. The molecule has 3 N–H and O–H groups in total. The van der Waals surface area contributed by atoms with Crippen molar-refractivity contribution in [2.24, 2.45) is 5.73 Å². The third kappa shape index (κ3) is 2.42. The summed E-state index contributed by atoms with van der Waals surface area (Å²) in [4.78, 5) is 15.9. The van der Waals surface area contributed by atoms with E-state index in [2.05, 4.69) is 4.98 Å². The first-order valence-corrected chi connectivity index (χ1v) is 6.33. The fourth-order valence-electron chi connectivity index (χ4n) is 1.63. The number of carboxylic acids is 1. The fourth-order valence-corrected chi connectivity index (χ4v) is 2.69. The Hall–Kier alpha value is -1.72. The van der Waals surface area contributed by atoms with Crippen LogP contribution in [0.5, 0.6) is 0 Å². The van der Waals surface area contributed by atoms with Crippen LogP contribution in [0.4, 0.5) is 0 Å². The number of carboxylic acid groups (broad SMARTS) is 1. The predicted molar refractivity (Wildman–Crippen MR) is 71.6 cm³/mol. The normalized spacial score (nSPS) is 12.4. The van der Waals surface area contributed by atoms with E-state index in [0.717, 1.165) is 10.6 Å². The number of thiazole rings is 1. The Morgan fingerprint density at radius 2 is 1.94 bits per heavy atom. The number of carbonyl (C=O) groups is 1. The lowest BCUT2D eigenvalue weighted by atomic mass is 10.2. The Bertz CT molecular complexity index is 575. The molecule has 0 aliphatic heterocycles. The highest BCUT2D eigenvalue weighted by Gasteiger charge is 2.21. The first-order valence-electron chi connectivity index (χ1n) is 5.52. The molecule has 5 heteroatoms. The molecule has 18 heavy (non-hydrogen) atoms. The van der Waals surface area contributed by atoms with Gasteiger partial charge >= 0.3 is 5.97 Å². The summed E-state index contributed by atoms with van der Waals surface area (Å²) in [7, 11) is 0. The van der Waals surface area contributed by atoms with Crippen LogP contribution in [0.2, 0.25) is 0 Å². The minimum absolute atomic E-state index is 0.609. The van der Waals surface area contributed by atoms with Crippen LogP contribution in [-0.4, -0.2) is 16.1 Å². The average molecular weight is 262 g/mol. The van der Waals surface area contributed by atoms with Crippen LogP contribution in [0.25, 0.3) is 10.6 Å². The summed E-state index contributed by atoms with van der Waals surface area (Å²) in [6.45, 7) is 3.80. The van der Waals surface area contributed by atoms with Crippen LogP contribution in [0.15, 0.2) is 24.3 Å². The molecule has 1 aromatic heterocycles. The number of benzene rings is 1. The summed E-state index contributed by atoms with van der Waals surface area (Å²) in [5.41, 5.74) is 8.47. The second-order valence-electron chi connectivity index (χ2n) is 4.15. The molecule has 1 atom stereocenters. The van der Waals surface area contributed by atoms with Crippen molar-refractivity contribution in [1.82, 2.24) is 4.98 Å². The third-order valence-electron chi connectivity index (χ3n) is 2.68. The highest BCUT2D eigenvalue weighted by Crippen LogP contribution is 2.31. The predicted octanol–water partition coefficient (Wildman–Crippen LogP) is 2.51. The zero-order valence-corrected chi connectivity index (χ0v) is 11.0. The minimum atomic E-state index is -1.03. The molecule has 0 aliphatic rings. The molecule has 4 nitrogen and oxygen atoms in total. The lowest BCUT2D eigenvalue weighted by Crippen LogP contribution is -2.20. The van der Waals surface area contributed by atoms with Crippen molar-refractivity contribution in [1.29, 1.82) is 0 Å². The third-order valence-corrected chi connectivity index (χ3v) is 3.97. The van der Waals surface area contributed by atoms with Gasteiger partial charge in [-0.15, -0.1) is 11.3 Å². The molecule has 1 unspecified atom stereocenters. The van der Waals surface area contributed by atoms with Crippen molar-refractivity contribution in [3.05, 3.63) is 40.4 Å². The van der Waals surface area contributed by atoms with E-state index < -0.39 is 12.0 Å². The number of hydrogen-bond acceptors (Lipinski definition) is 4. The number of nitrogens with zero attached hydrogens (tertiary/aromatic N) is 1. The van der Waals surface area contributed by atoms with Gasteiger partial charge in [-0.3, -0.25) is 4.79 Å². The smallest absolute Gasteiger partial charge is 0.326 e. The van der Waals surface area contributed by atoms with Crippen molar-refractivity contribution in [2.45, 2.75) is 19.9 Å². The molecule has 0 aliphatic carbocycles. The number of rotatable bonds is 3. The summed E-state index contributed by atoms with van der Waals surface area (Å²) < 4.78 is 0. The molecule has 0 fully saturated rings. The summed E-state index contributed by atoms with van der Waals surface area (Å²) in [6, 6.07) is 6.96. The molecule has 1 heterocycles. The minimum Gasteiger partial charge on any atom is -0.480 e. The van der Waals surface area contributed by atoms with E-state index in [1.807, 2.05) is 31.2 Å². The number of aliphatic carboxylic acids is 1. The molecule has 2 aromatic rings. The van der Waals surface area contributed by atoms with Crippen LogP contribution in [-0.2, 0) is 4.79 Å². The van der Waals surface area contributed by atoms with E-state index in [1.165, 1.54) is 16.9 Å². The Labute approximate surface area is 109 Å². The van der Waals surface area contributed by atoms with Crippen molar-refractivity contribution in [2.75, 3.05) is 0 Å². The van der Waals surface area contributed by atoms with Crippen LogP contribution in [0, 0.1) is 13.8 Å². The molecule has 0 amide bonds. The van der Waals surface area contributed by atoms with Gasteiger partial charge in [0.1, 0.15) is 11.0 Å². The highest BCUT2D eigenvalue weighted by atomic mass is 32.1. The van der Waals surface area contributed by atoms with E-state index in [-0.39, 0.29) is 0 Å². The summed E-state index contributed by atoms with van der Waals surface area (Å²) >= 11 is 1.34. The van der Waals surface area contributed by atoms with Gasteiger partial charge in [0.2, 0.25) is 0 Å². The Balaban J connectivity index is 2.40. The summed E-state index contributed by atoms with van der Waals surface area (Å²) in [5.74, 6) is -1.03. The van der Waals surface area contributed by atoms with Crippen LogP contribution in [0.1, 0.15) is 22.2 Å². The lowest BCUT2D eigenvalue weighted by molar-refractivity contribution is -0.138. The van der Waals surface area contributed by atoms with Gasteiger partial charge < -0.3 is 10.8 Å².